The van der Waals surface area contributed by atoms with Crippen molar-refractivity contribution >= 4 is 23.6 Å². The minimum absolute atomic E-state index is 0.934. The molecule has 0 unspecified atom stereocenters. The SMILES string of the molecule is Cc1ccc([Si](Cn2ccnc2)(c2ccccc2)c2ccc(C)cc2)cc1. The first-order chi connectivity index (χ1) is 13.2. The van der Waals surface area contributed by atoms with E-state index in [-0.39, 0.29) is 0 Å². The second-order valence-corrected chi connectivity index (χ2v) is 11.1. The lowest BCUT2D eigenvalue weighted by Crippen LogP contribution is -2.69. The van der Waals surface area contributed by atoms with Gasteiger partial charge in [0, 0.05) is 18.6 Å². The van der Waals surface area contributed by atoms with E-state index in [0.29, 0.717) is 0 Å². The fourth-order valence-corrected chi connectivity index (χ4v) is 8.34. The van der Waals surface area contributed by atoms with Gasteiger partial charge in [0.1, 0.15) is 0 Å². The predicted molar refractivity (Wildman–Crippen MR) is 116 cm³/mol. The Morgan fingerprint density at radius 1 is 0.704 bits per heavy atom. The van der Waals surface area contributed by atoms with Gasteiger partial charge in [0.15, 0.2) is 8.07 Å². The molecule has 2 nitrogen and oxygen atoms in total. The summed E-state index contributed by atoms with van der Waals surface area (Å²) in [5.41, 5.74) is 2.59. The first-order valence-electron chi connectivity index (χ1n) is 9.34. The summed E-state index contributed by atoms with van der Waals surface area (Å²) in [5.74, 6) is 0. The third-order valence-corrected chi connectivity index (χ3v) is 10.1. The van der Waals surface area contributed by atoms with Crippen LogP contribution in [0.25, 0.3) is 0 Å². The van der Waals surface area contributed by atoms with Crippen molar-refractivity contribution in [3.05, 3.63) is 109 Å². The van der Waals surface area contributed by atoms with Crippen LogP contribution in [-0.4, -0.2) is 17.6 Å². The molecule has 27 heavy (non-hydrogen) atoms. The molecule has 0 aliphatic rings. The summed E-state index contributed by atoms with van der Waals surface area (Å²) in [5, 5.41) is 4.28. The highest BCUT2D eigenvalue weighted by atomic mass is 28.3. The molecule has 1 heterocycles. The molecule has 0 spiro atoms. The summed E-state index contributed by atoms with van der Waals surface area (Å²) in [6, 6.07) is 29.3. The molecular weight excluding hydrogens is 344 g/mol. The molecular formula is C24H24N2Si. The van der Waals surface area contributed by atoms with Gasteiger partial charge < -0.3 is 4.57 Å². The number of benzene rings is 3. The van der Waals surface area contributed by atoms with Crippen LogP contribution in [0.2, 0.25) is 0 Å². The van der Waals surface area contributed by atoms with Crippen molar-refractivity contribution in [2.24, 2.45) is 0 Å². The van der Waals surface area contributed by atoms with Gasteiger partial charge in [-0.1, -0.05) is 90.0 Å². The van der Waals surface area contributed by atoms with Gasteiger partial charge in [-0.15, -0.1) is 0 Å². The van der Waals surface area contributed by atoms with Crippen LogP contribution in [0.3, 0.4) is 0 Å². The van der Waals surface area contributed by atoms with E-state index >= 15 is 0 Å². The zero-order chi connectivity index (χ0) is 18.7. The number of nitrogens with zero attached hydrogens (tertiary/aromatic N) is 2. The molecule has 0 saturated carbocycles. The molecule has 0 aliphatic carbocycles. The lowest BCUT2D eigenvalue weighted by molar-refractivity contribution is 0.862. The quantitative estimate of drug-likeness (QED) is 0.391. The van der Waals surface area contributed by atoms with Crippen LogP contribution in [0, 0.1) is 13.8 Å². The van der Waals surface area contributed by atoms with E-state index in [1.54, 1.807) is 0 Å². The zero-order valence-corrected chi connectivity index (χ0v) is 16.8. The zero-order valence-electron chi connectivity index (χ0n) is 15.8. The highest BCUT2D eigenvalue weighted by Gasteiger charge is 2.39. The highest BCUT2D eigenvalue weighted by molar-refractivity contribution is 7.10. The number of aromatic nitrogens is 2. The van der Waals surface area contributed by atoms with Crippen LogP contribution in [0.15, 0.2) is 97.6 Å². The molecule has 4 rings (SSSR count). The van der Waals surface area contributed by atoms with Crippen molar-refractivity contribution in [1.29, 1.82) is 0 Å². The minimum atomic E-state index is -2.25. The summed E-state index contributed by atoms with van der Waals surface area (Å²) < 4.78 is 2.24. The average Bonchev–Trinajstić information content (AvgIpc) is 3.21. The Labute approximate surface area is 162 Å². The van der Waals surface area contributed by atoms with Crippen LogP contribution in [0.5, 0.6) is 0 Å². The average molecular weight is 369 g/mol. The van der Waals surface area contributed by atoms with Gasteiger partial charge in [-0.05, 0) is 29.4 Å². The molecule has 0 aliphatic heterocycles. The first kappa shape index (κ1) is 17.5. The maximum atomic E-state index is 4.30. The molecule has 0 radical (unpaired) electrons. The third kappa shape index (κ3) is 3.38. The van der Waals surface area contributed by atoms with Crippen molar-refractivity contribution in [3.8, 4) is 0 Å². The molecule has 0 atom stereocenters. The summed E-state index contributed by atoms with van der Waals surface area (Å²) in [6.45, 7) is 4.30. The Bertz CT molecular complexity index is 943. The summed E-state index contributed by atoms with van der Waals surface area (Å²) in [6.07, 6.45) is 6.82. The number of imidazole rings is 1. The number of hydrogen-bond donors (Lipinski definition) is 0. The Kier molecular flexibility index (Phi) is 4.78. The van der Waals surface area contributed by atoms with Crippen LogP contribution >= 0.6 is 0 Å². The van der Waals surface area contributed by atoms with Gasteiger partial charge in [0.25, 0.3) is 0 Å². The van der Waals surface area contributed by atoms with E-state index in [2.05, 4.69) is 108 Å². The molecule has 0 N–H and O–H groups in total. The van der Waals surface area contributed by atoms with E-state index in [0.717, 1.165) is 6.17 Å². The molecule has 0 amide bonds. The van der Waals surface area contributed by atoms with Crippen molar-refractivity contribution in [2.45, 2.75) is 20.0 Å². The van der Waals surface area contributed by atoms with Crippen LogP contribution in [0.4, 0.5) is 0 Å². The van der Waals surface area contributed by atoms with Crippen molar-refractivity contribution in [3.63, 3.8) is 0 Å². The Morgan fingerprint density at radius 3 is 1.70 bits per heavy atom. The first-order valence-corrected chi connectivity index (χ1v) is 11.5. The van der Waals surface area contributed by atoms with Crippen molar-refractivity contribution in [1.82, 2.24) is 9.55 Å². The van der Waals surface area contributed by atoms with Gasteiger partial charge in [-0.25, -0.2) is 4.98 Å². The molecule has 3 heteroatoms. The summed E-state index contributed by atoms with van der Waals surface area (Å²) in [4.78, 5) is 4.30. The number of hydrogen-bond acceptors (Lipinski definition) is 1. The topological polar surface area (TPSA) is 17.8 Å². The fraction of sp³-hybridized carbons (Fsp3) is 0.125. The Hall–Kier alpha value is -2.91. The van der Waals surface area contributed by atoms with Gasteiger partial charge in [0.05, 0.1) is 6.33 Å². The maximum Gasteiger partial charge on any atom is 0.168 e. The lowest BCUT2D eigenvalue weighted by atomic mass is 10.2. The van der Waals surface area contributed by atoms with E-state index in [1.807, 2.05) is 12.5 Å². The predicted octanol–water partition coefficient (Wildman–Crippen LogP) is 3.21. The Balaban J connectivity index is 2.01. The van der Waals surface area contributed by atoms with Crippen LogP contribution in [0.1, 0.15) is 11.1 Å². The van der Waals surface area contributed by atoms with E-state index in [4.69, 9.17) is 0 Å². The lowest BCUT2D eigenvalue weighted by Gasteiger charge is -2.34. The molecule has 0 bridgehead atoms. The second-order valence-electron chi connectivity index (χ2n) is 7.24. The van der Waals surface area contributed by atoms with Crippen molar-refractivity contribution in [2.75, 3.05) is 0 Å². The van der Waals surface area contributed by atoms with Gasteiger partial charge >= 0.3 is 0 Å². The standard InChI is InChI=1S/C24H24N2Si/c1-20-8-12-23(13-9-20)27(19-26-17-16-25-18-26,22-6-4-3-5-7-22)24-14-10-21(2)11-15-24/h3-18H,19H2,1-2H3. The van der Waals surface area contributed by atoms with Gasteiger partial charge in [0.2, 0.25) is 0 Å². The van der Waals surface area contributed by atoms with E-state index < -0.39 is 8.07 Å². The van der Waals surface area contributed by atoms with Gasteiger partial charge in [-0.2, -0.15) is 0 Å². The normalized spacial score (nSPS) is 11.5. The summed E-state index contributed by atoms with van der Waals surface area (Å²) in [7, 11) is -2.25. The van der Waals surface area contributed by atoms with Crippen LogP contribution in [-0.2, 0) is 6.17 Å². The molecule has 0 saturated heterocycles. The number of aryl methyl sites for hydroxylation is 2. The highest BCUT2D eigenvalue weighted by Crippen LogP contribution is 2.12. The number of rotatable bonds is 5. The minimum Gasteiger partial charge on any atom is -0.339 e. The smallest absolute Gasteiger partial charge is 0.168 e. The molecule has 0 fully saturated rings. The summed E-state index contributed by atoms with van der Waals surface area (Å²) >= 11 is 0. The Morgan fingerprint density at radius 2 is 1.22 bits per heavy atom. The molecule has 4 aromatic rings. The van der Waals surface area contributed by atoms with Crippen LogP contribution < -0.4 is 15.6 Å². The van der Waals surface area contributed by atoms with Crippen molar-refractivity contribution < 1.29 is 0 Å². The fourth-order valence-electron chi connectivity index (χ4n) is 3.83. The molecule has 3 aromatic carbocycles. The third-order valence-electron chi connectivity index (χ3n) is 5.33. The largest absolute Gasteiger partial charge is 0.339 e. The maximum absolute atomic E-state index is 4.30. The molecule has 1 aromatic heterocycles. The second kappa shape index (κ2) is 7.37. The monoisotopic (exact) mass is 368 g/mol. The van der Waals surface area contributed by atoms with E-state index in [1.165, 1.54) is 26.7 Å². The van der Waals surface area contributed by atoms with Gasteiger partial charge in [-0.3, -0.25) is 0 Å². The molecule has 134 valence electrons. The van der Waals surface area contributed by atoms with E-state index in [9.17, 15) is 0 Å².